The number of rotatable bonds is 3. The molecular formula is C14H15FN6O4. The van der Waals surface area contributed by atoms with E-state index < -0.39 is 30.1 Å². The number of nitrogens with zero attached hydrogens (tertiary/aromatic N) is 4. The van der Waals surface area contributed by atoms with E-state index >= 15 is 0 Å². The van der Waals surface area contributed by atoms with Crippen LogP contribution in [0.2, 0.25) is 0 Å². The maximum Gasteiger partial charge on any atom is 0.407 e. The molecule has 11 heteroatoms. The molecular weight excluding hydrogens is 335 g/mol. The topological polar surface area (TPSA) is 137 Å². The predicted molar refractivity (Wildman–Crippen MR) is 82.4 cm³/mol. The Hall–Kier alpha value is -2.97. The van der Waals surface area contributed by atoms with Gasteiger partial charge in [0.2, 0.25) is 0 Å². The number of fused-ring (bicyclic) bond motifs is 1. The number of carbonyl (C=O) groups is 1. The summed E-state index contributed by atoms with van der Waals surface area (Å²) in [5.74, 6) is 2.21. The molecule has 25 heavy (non-hydrogen) atoms. The average molecular weight is 350 g/mol. The largest absolute Gasteiger partial charge is 0.445 e. The number of aliphatic hydroxyl groups excluding tert-OH is 1. The van der Waals surface area contributed by atoms with Gasteiger partial charge < -0.3 is 25.6 Å². The van der Waals surface area contributed by atoms with Crippen LogP contribution in [0.1, 0.15) is 12.6 Å². The maximum atomic E-state index is 13.5. The number of hydrogen-bond donors (Lipinski definition) is 3. The highest BCUT2D eigenvalue weighted by molar-refractivity contribution is 5.81. The highest BCUT2D eigenvalue weighted by Crippen LogP contribution is 2.38. The van der Waals surface area contributed by atoms with Gasteiger partial charge in [-0.1, -0.05) is 5.92 Å². The van der Waals surface area contributed by atoms with Gasteiger partial charge >= 0.3 is 12.2 Å². The number of amides is 1. The Morgan fingerprint density at radius 3 is 3.16 bits per heavy atom. The monoisotopic (exact) mass is 350 g/mol. The van der Waals surface area contributed by atoms with E-state index in [1.807, 2.05) is 0 Å². The van der Waals surface area contributed by atoms with Crippen molar-refractivity contribution in [1.29, 1.82) is 0 Å². The number of nitrogens with two attached hydrogens (primary N) is 1. The Morgan fingerprint density at radius 2 is 2.48 bits per heavy atom. The summed E-state index contributed by atoms with van der Waals surface area (Å²) in [4.78, 5) is 22.4. The van der Waals surface area contributed by atoms with Gasteiger partial charge in [-0.2, -0.15) is 14.4 Å². The maximum absolute atomic E-state index is 13.5. The predicted octanol–water partition coefficient (Wildman–Crippen LogP) is -0.445. The molecule has 0 radical (unpaired) electrons. The van der Waals surface area contributed by atoms with Gasteiger partial charge in [0.15, 0.2) is 22.6 Å². The van der Waals surface area contributed by atoms with Crippen molar-refractivity contribution in [2.75, 3.05) is 19.4 Å². The lowest BCUT2D eigenvalue weighted by Crippen LogP contribution is -2.44. The molecule has 0 spiro atoms. The number of nitrogen functional groups attached to an aromatic ring is 1. The summed E-state index contributed by atoms with van der Waals surface area (Å²) in [6.07, 6.45) is 3.20. The second-order valence-electron chi connectivity index (χ2n) is 5.39. The number of hydrogen-bond acceptors (Lipinski definition) is 8. The van der Waals surface area contributed by atoms with Crippen molar-refractivity contribution in [3.63, 3.8) is 0 Å². The first kappa shape index (κ1) is 16.9. The fraction of sp³-hybridized carbons (Fsp3) is 0.429. The van der Waals surface area contributed by atoms with Crippen LogP contribution in [0.25, 0.3) is 11.2 Å². The van der Waals surface area contributed by atoms with Crippen molar-refractivity contribution in [2.24, 2.45) is 0 Å². The SMILES string of the molecule is C#C[C@]1(COC(=O)NC)OC(n2cnc3c(N)nc(F)nc32)C[C@@H]1O. The van der Waals surface area contributed by atoms with Crippen molar-refractivity contribution < 1.29 is 23.8 Å². The Kier molecular flexibility index (Phi) is 4.15. The average Bonchev–Trinajstić information content (AvgIpc) is 3.14. The van der Waals surface area contributed by atoms with Crippen LogP contribution in [0.4, 0.5) is 15.0 Å². The summed E-state index contributed by atoms with van der Waals surface area (Å²) >= 11 is 0. The van der Waals surface area contributed by atoms with E-state index in [4.69, 9.17) is 21.6 Å². The van der Waals surface area contributed by atoms with E-state index in [0.717, 1.165) is 0 Å². The summed E-state index contributed by atoms with van der Waals surface area (Å²) < 4.78 is 25.5. The van der Waals surface area contributed by atoms with Crippen molar-refractivity contribution in [1.82, 2.24) is 24.8 Å². The smallest absolute Gasteiger partial charge is 0.407 e. The van der Waals surface area contributed by atoms with E-state index in [1.54, 1.807) is 0 Å². The van der Waals surface area contributed by atoms with Gasteiger partial charge in [0.1, 0.15) is 18.9 Å². The Morgan fingerprint density at radius 1 is 1.72 bits per heavy atom. The molecule has 1 aliphatic heterocycles. The third-order valence-electron chi connectivity index (χ3n) is 3.91. The normalized spacial score (nSPS) is 25.7. The molecule has 1 unspecified atom stereocenters. The molecule has 1 fully saturated rings. The molecule has 3 atom stereocenters. The van der Waals surface area contributed by atoms with E-state index in [9.17, 15) is 14.3 Å². The minimum Gasteiger partial charge on any atom is -0.445 e. The standard InChI is InChI=1S/C14H15FN6O4/c1-3-14(5-24-13(23)17-2)7(22)4-8(25-14)21-6-18-9-10(16)19-12(15)20-11(9)21/h1,6-8,22H,4-5H2,2H3,(H,17,23)(H2,16,19,20)/t7-,8?,14+/m0/s1. The lowest BCUT2D eigenvalue weighted by atomic mass is 9.99. The molecule has 3 heterocycles. The molecule has 4 N–H and O–H groups in total. The van der Waals surface area contributed by atoms with Gasteiger partial charge in [-0.15, -0.1) is 6.42 Å². The summed E-state index contributed by atoms with van der Waals surface area (Å²) in [5, 5.41) is 12.6. The van der Waals surface area contributed by atoms with Crippen LogP contribution in [0.5, 0.6) is 0 Å². The third kappa shape index (κ3) is 2.81. The first-order valence-electron chi connectivity index (χ1n) is 7.24. The highest BCUT2D eigenvalue weighted by atomic mass is 19.1. The molecule has 132 valence electrons. The number of anilines is 1. The lowest BCUT2D eigenvalue weighted by Gasteiger charge is -2.25. The molecule has 3 rings (SSSR count). The second-order valence-corrected chi connectivity index (χ2v) is 5.39. The fourth-order valence-electron chi connectivity index (χ4n) is 2.59. The number of halogens is 1. The van der Waals surface area contributed by atoms with Crippen LogP contribution in [0, 0.1) is 18.4 Å². The molecule has 10 nitrogen and oxygen atoms in total. The third-order valence-corrected chi connectivity index (χ3v) is 3.91. The quantitative estimate of drug-likeness (QED) is 0.500. The van der Waals surface area contributed by atoms with Crippen LogP contribution in [-0.4, -0.2) is 56.1 Å². The van der Waals surface area contributed by atoms with Crippen molar-refractivity contribution >= 4 is 23.1 Å². The zero-order valence-electron chi connectivity index (χ0n) is 13.1. The first-order chi connectivity index (χ1) is 11.9. The van der Waals surface area contributed by atoms with Crippen LogP contribution >= 0.6 is 0 Å². The Bertz CT molecular complexity index is 865. The molecule has 0 aromatic carbocycles. The Labute approximate surface area is 141 Å². The van der Waals surface area contributed by atoms with Crippen LogP contribution in [0.3, 0.4) is 0 Å². The number of imidazole rings is 1. The minimum absolute atomic E-state index is 0.0539. The summed E-state index contributed by atoms with van der Waals surface area (Å²) in [6, 6.07) is 0. The van der Waals surface area contributed by atoms with Gasteiger partial charge in [0, 0.05) is 13.5 Å². The number of carbonyl (C=O) groups excluding carboxylic acids is 1. The molecule has 2 aromatic rings. The number of ether oxygens (including phenoxy) is 2. The minimum atomic E-state index is -1.55. The van der Waals surface area contributed by atoms with Gasteiger partial charge in [-0.3, -0.25) is 4.57 Å². The van der Waals surface area contributed by atoms with Gasteiger partial charge in [0.05, 0.1) is 6.33 Å². The molecule has 0 bridgehead atoms. The van der Waals surface area contributed by atoms with Gasteiger partial charge in [-0.05, 0) is 0 Å². The molecule has 1 saturated heterocycles. The van der Waals surface area contributed by atoms with Crippen LogP contribution in [-0.2, 0) is 9.47 Å². The van der Waals surface area contributed by atoms with Gasteiger partial charge in [-0.25, -0.2) is 9.78 Å². The van der Waals surface area contributed by atoms with Crippen LogP contribution < -0.4 is 11.1 Å². The highest BCUT2D eigenvalue weighted by Gasteiger charge is 2.49. The summed E-state index contributed by atoms with van der Waals surface area (Å²) in [7, 11) is 1.38. The van der Waals surface area contributed by atoms with E-state index in [-0.39, 0.29) is 30.0 Å². The summed E-state index contributed by atoms with van der Waals surface area (Å²) in [6.45, 7) is -0.362. The molecule has 2 aromatic heterocycles. The van der Waals surface area contributed by atoms with E-state index in [0.29, 0.717) is 0 Å². The molecule has 1 aliphatic rings. The van der Waals surface area contributed by atoms with Crippen molar-refractivity contribution in [2.45, 2.75) is 24.4 Å². The number of aliphatic hydroxyl groups is 1. The molecule has 0 aliphatic carbocycles. The van der Waals surface area contributed by atoms with E-state index in [1.165, 1.54) is 17.9 Å². The number of nitrogens with one attached hydrogen (secondary N) is 1. The first-order valence-corrected chi connectivity index (χ1v) is 7.24. The van der Waals surface area contributed by atoms with Gasteiger partial charge in [0.25, 0.3) is 0 Å². The second kappa shape index (κ2) is 6.15. The zero-order chi connectivity index (χ0) is 18.2. The van der Waals surface area contributed by atoms with Crippen LogP contribution in [0.15, 0.2) is 6.33 Å². The Balaban J connectivity index is 1.91. The van der Waals surface area contributed by atoms with Crippen molar-refractivity contribution in [3.8, 4) is 12.3 Å². The van der Waals surface area contributed by atoms with E-state index in [2.05, 4.69) is 26.2 Å². The number of alkyl carbamates (subject to hydrolysis) is 1. The zero-order valence-corrected chi connectivity index (χ0v) is 13.1. The number of terminal acetylenes is 1. The molecule has 1 amide bonds. The number of aromatic nitrogens is 4. The van der Waals surface area contributed by atoms with Crippen molar-refractivity contribution in [3.05, 3.63) is 12.4 Å². The molecule has 0 saturated carbocycles. The fourth-order valence-corrected chi connectivity index (χ4v) is 2.59. The summed E-state index contributed by atoms with van der Waals surface area (Å²) in [5.41, 5.74) is 4.36. The lowest BCUT2D eigenvalue weighted by molar-refractivity contribution is -0.0908.